The van der Waals surface area contributed by atoms with Crippen LogP contribution in [-0.4, -0.2) is 27.6 Å². The lowest BCUT2D eigenvalue weighted by atomic mass is 9.79. The number of nitrogens with zero attached hydrogens (tertiary/aromatic N) is 4. The van der Waals surface area contributed by atoms with Gasteiger partial charge < -0.3 is 4.74 Å². The highest BCUT2D eigenvalue weighted by Crippen LogP contribution is 2.45. The van der Waals surface area contributed by atoms with E-state index in [1.807, 2.05) is 59.8 Å². The van der Waals surface area contributed by atoms with Gasteiger partial charge in [0.25, 0.3) is 0 Å². The Morgan fingerprint density at radius 3 is 2.57 bits per heavy atom. The molecule has 0 unspecified atom stereocenters. The molecule has 2 aromatic heterocycles. The lowest BCUT2D eigenvalue weighted by Crippen LogP contribution is -2.26. The number of methoxy groups -OCH3 is 1. The maximum absolute atomic E-state index is 5.24. The second-order valence-electron chi connectivity index (χ2n) is 7.52. The van der Waals surface area contributed by atoms with Crippen LogP contribution in [0.15, 0.2) is 72.2 Å². The molecule has 3 heterocycles. The lowest BCUT2D eigenvalue weighted by Gasteiger charge is -2.21. The largest absolute Gasteiger partial charge is 0.497 e. The number of pyridine rings is 1. The Labute approximate surface area is 163 Å². The zero-order valence-electron chi connectivity index (χ0n) is 16.0. The highest BCUT2D eigenvalue weighted by molar-refractivity contribution is 6.15. The van der Waals surface area contributed by atoms with Crippen LogP contribution in [0.2, 0.25) is 0 Å². The van der Waals surface area contributed by atoms with E-state index in [0.717, 1.165) is 39.2 Å². The molecule has 1 aliphatic rings. The van der Waals surface area contributed by atoms with Gasteiger partial charge in [0.05, 0.1) is 30.4 Å². The quantitative estimate of drug-likeness (QED) is 0.520. The van der Waals surface area contributed by atoms with Crippen molar-refractivity contribution in [3.8, 4) is 11.4 Å². The van der Waals surface area contributed by atoms with Crippen molar-refractivity contribution >= 4 is 22.2 Å². The van der Waals surface area contributed by atoms with Crippen LogP contribution < -0.4 is 4.74 Å². The first-order chi connectivity index (χ1) is 13.6. The minimum Gasteiger partial charge on any atom is -0.497 e. The maximum Gasteiger partial charge on any atom is 0.119 e. The zero-order valence-corrected chi connectivity index (χ0v) is 16.0. The Balaban J connectivity index is 1.59. The lowest BCUT2D eigenvalue weighted by molar-refractivity contribution is 0.414. The minimum absolute atomic E-state index is 0.194. The Morgan fingerprint density at radius 1 is 0.964 bits per heavy atom. The molecule has 0 saturated heterocycles. The number of hydrogen-bond donors (Lipinski definition) is 0. The van der Waals surface area contributed by atoms with Crippen LogP contribution in [-0.2, 0) is 5.41 Å². The summed E-state index contributed by atoms with van der Waals surface area (Å²) in [5, 5.41) is 6.81. The summed E-state index contributed by atoms with van der Waals surface area (Å²) < 4.78 is 7.11. The number of rotatable bonds is 3. The van der Waals surface area contributed by atoms with Crippen LogP contribution in [0.3, 0.4) is 0 Å². The monoisotopic (exact) mass is 368 g/mol. The molecule has 0 aliphatic carbocycles. The molecule has 0 N–H and O–H groups in total. The summed E-state index contributed by atoms with van der Waals surface area (Å²) in [7, 11) is 1.67. The summed E-state index contributed by atoms with van der Waals surface area (Å²) in [5.74, 6) is 0.828. The topological polar surface area (TPSA) is 52.3 Å². The van der Waals surface area contributed by atoms with Crippen LogP contribution in [0.5, 0.6) is 5.75 Å². The molecular formula is C23H20N4O. The summed E-state index contributed by atoms with van der Waals surface area (Å²) in [4.78, 5) is 9.28. The Morgan fingerprint density at radius 2 is 1.79 bits per heavy atom. The van der Waals surface area contributed by atoms with Crippen LogP contribution in [0, 0.1) is 0 Å². The van der Waals surface area contributed by atoms with Gasteiger partial charge in [-0.1, -0.05) is 26.0 Å². The number of aromatic nitrogens is 3. The van der Waals surface area contributed by atoms with E-state index in [-0.39, 0.29) is 5.41 Å². The van der Waals surface area contributed by atoms with Gasteiger partial charge >= 0.3 is 0 Å². The van der Waals surface area contributed by atoms with Gasteiger partial charge in [-0.2, -0.15) is 5.10 Å². The van der Waals surface area contributed by atoms with Crippen LogP contribution in [0.4, 0.5) is 5.69 Å². The zero-order chi connectivity index (χ0) is 19.3. The molecule has 0 spiro atoms. The van der Waals surface area contributed by atoms with E-state index in [9.17, 15) is 0 Å². The van der Waals surface area contributed by atoms with Crippen molar-refractivity contribution in [2.24, 2.45) is 4.99 Å². The molecule has 0 saturated carbocycles. The van der Waals surface area contributed by atoms with Gasteiger partial charge in [0.1, 0.15) is 5.75 Å². The fourth-order valence-corrected chi connectivity index (χ4v) is 3.90. The third-order valence-electron chi connectivity index (χ3n) is 5.47. The highest BCUT2D eigenvalue weighted by atomic mass is 16.5. The van der Waals surface area contributed by atoms with Crippen molar-refractivity contribution in [3.63, 3.8) is 0 Å². The average Bonchev–Trinajstić information content (AvgIpc) is 3.30. The van der Waals surface area contributed by atoms with Crippen molar-refractivity contribution < 1.29 is 4.74 Å². The van der Waals surface area contributed by atoms with E-state index in [2.05, 4.69) is 36.1 Å². The minimum atomic E-state index is -0.194. The molecular weight excluding hydrogens is 348 g/mol. The Kier molecular flexibility index (Phi) is 3.59. The first kappa shape index (κ1) is 16.7. The van der Waals surface area contributed by atoms with Crippen molar-refractivity contribution in [2.45, 2.75) is 19.3 Å². The molecule has 28 heavy (non-hydrogen) atoms. The number of fused-ring (bicyclic) bond motifs is 3. The molecule has 5 nitrogen and oxygen atoms in total. The van der Waals surface area contributed by atoms with Gasteiger partial charge in [0.15, 0.2) is 0 Å². The predicted molar refractivity (Wildman–Crippen MR) is 111 cm³/mol. The SMILES string of the molecule is COc1ccc(-n2cc(C3=Nc4c(ccc5cnccc45)C3(C)C)cn2)cc1. The summed E-state index contributed by atoms with van der Waals surface area (Å²) in [6.45, 7) is 4.44. The maximum atomic E-state index is 5.24. The van der Waals surface area contributed by atoms with Gasteiger partial charge in [-0.05, 0) is 35.9 Å². The molecule has 0 radical (unpaired) electrons. The molecule has 4 aromatic rings. The van der Waals surface area contributed by atoms with Gasteiger partial charge in [0, 0.05) is 40.3 Å². The van der Waals surface area contributed by atoms with E-state index in [1.54, 1.807) is 7.11 Å². The van der Waals surface area contributed by atoms with Crippen molar-refractivity contribution in [2.75, 3.05) is 7.11 Å². The molecule has 0 fully saturated rings. The molecule has 0 bridgehead atoms. The van der Waals surface area contributed by atoms with Crippen LogP contribution in [0.1, 0.15) is 25.0 Å². The van der Waals surface area contributed by atoms with Gasteiger partial charge in [-0.3, -0.25) is 9.98 Å². The molecule has 5 heteroatoms. The van der Waals surface area contributed by atoms with Gasteiger partial charge in [-0.25, -0.2) is 4.68 Å². The van der Waals surface area contributed by atoms with E-state index >= 15 is 0 Å². The number of hydrogen-bond acceptors (Lipinski definition) is 4. The van der Waals surface area contributed by atoms with E-state index in [4.69, 9.17) is 9.73 Å². The molecule has 2 aromatic carbocycles. The van der Waals surface area contributed by atoms with Crippen molar-refractivity contribution in [1.29, 1.82) is 0 Å². The average molecular weight is 368 g/mol. The summed E-state index contributed by atoms with van der Waals surface area (Å²) in [5.41, 5.74) is 5.12. The number of benzene rings is 2. The van der Waals surface area contributed by atoms with Gasteiger partial charge in [-0.15, -0.1) is 0 Å². The third-order valence-corrected chi connectivity index (χ3v) is 5.47. The normalized spacial score (nSPS) is 14.8. The predicted octanol–water partition coefficient (Wildman–Crippen LogP) is 4.84. The summed E-state index contributed by atoms with van der Waals surface area (Å²) in [6.07, 6.45) is 7.64. The summed E-state index contributed by atoms with van der Waals surface area (Å²) >= 11 is 0. The van der Waals surface area contributed by atoms with Crippen molar-refractivity contribution in [3.05, 3.63) is 78.4 Å². The fraction of sp³-hybridized carbons (Fsp3) is 0.174. The summed E-state index contributed by atoms with van der Waals surface area (Å²) in [6, 6.07) is 14.2. The molecule has 0 atom stereocenters. The highest BCUT2D eigenvalue weighted by Gasteiger charge is 2.37. The smallest absolute Gasteiger partial charge is 0.119 e. The Hall–Kier alpha value is -3.47. The van der Waals surface area contributed by atoms with E-state index in [0.29, 0.717) is 0 Å². The van der Waals surface area contributed by atoms with E-state index in [1.165, 1.54) is 5.56 Å². The third kappa shape index (κ3) is 2.43. The first-order valence-corrected chi connectivity index (χ1v) is 9.24. The Bertz CT molecular complexity index is 1220. The second-order valence-corrected chi connectivity index (χ2v) is 7.52. The molecule has 1 aliphatic heterocycles. The first-order valence-electron chi connectivity index (χ1n) is 9.24. The number of ether oxygens (including phenoxy) is 1. The van der Waals surface area contributed by atoms with Crippen molar-refractivity contribution in [1.82, 2.24) is 14.8 Å². The molecule has 5 rings (SSSR count). The second kappa shape index (κ2) is 6.02. The van der Waals surface area contributed by atoms with Gasteiger partial charge in [0.2, 0.25) is 0 Å². The fourth-order valence-electron chi connectivity index (χ4n) is 3.90. The molecule has 0 amide bonds. The van der Waals surface area contributed by atoms with E-state index < -0.39 is 0 Å². The number of aliphatic imine (C=N–C) groups is 1. The standard InChI is InChI=1S/C23H20N4O/c1-23(2)20-9-4-15-12-24-11-10-19(15)21(20)26-22(23)16-13-25-27(14-16)17-5-7-18(28-3)8-6-17/h4-14H,1-3H3. The van der Waals surface area contributed by atoms with Crippen LogP contribution in [0.25, 0.3) is 16.5 Å². The molecule has 138 valence electrons. The van der Waals surface area contributed by atoms with Crippen LogP contribution >= 0.6 is 0 Å².